The summed E-state index contributed by atoms with van der Waals surface area (Å²) < 4.78 is 6.05. The highest BCUT2D eigenvalue weighted by molar-refractivity contribution is 9.10. The third-order valence-electron chi connectivity index (χ3n) is 4.00. The van der Waals surface area contributed by atoms with E-state index >= 15 is 0 Å². The Morgan fingerprint density at radius 3 is 2.76 bits per heavy atom. The molecular weight excluding hydrogens is 398 g/mol. The third-order valence-corrected chi connectivity index (χ3v) is 5.48. The molecule has 0 amide bonds. The van der Waals surface area contributed by atoms with Gasteiger partial charge in [0.1, 0.15) is 0 Å². The van der Waals surface area contributed by atoms with E-state index < -0.39 is 0 Å². The minimum absolute atomic E-state index is 0.127. The van der Waals surface area contributed by atoms with Gasteiger partial charge in [0.05, 0.1) is 17.3 Å². The predicted molar refractivity (Wildman–Crippen MR) is 108 cm³/mol. The Morgan fingerprint density at radius 1 is 1.28 bits per heavy atom. The van der Waals surface area contributed by atoms with Gasteiger partial charge in [-0.1, -0.05) is 63.6 Å². The summed E-state index contributed by atoms with van der Waals surface area (Å²) in [6.45, 7) is 2.28. The smallest absolute Gasteiger partial charge is 0.306 e. The van der Waals surface area contributed by atoms with E-state index in [4.69, 9.17) is 4.74 Å². The number of carbonyl (C=O) groups is 1. The second-order valence-electron chi connectivity index (χ2n) is 5.76. The molecular formula is C20H20BrNO2S. The van der Waals surface area contributed by atoms with E-state index in [1.807, 2.05) is 19.1 Å². The highest BCUT2D eigenvalue weighted by atomic mass is 79.9. The molecule has 3 rings (SSSR count). The van der Waals surface area contributed by atoms with Crippen molar-refractivity contribution in [2.24, 2.45) is 0 Å². The topological polar surface area (TPSA) is 38.3 Å². The minimum Gasteiger partial charge on any atom is -0.466 e. The van der Waals surface area contributed by atoms with Crippen molar-refractivity contribution in [3.05, 3.63) is 74.1 Å². The molecule has 1 heterocycles. The molecule has 1 aliphatic carbocycles. The van der Waals surface area contributed by atoms with Crippen LogP contribution in [0.5, 0.6) is 0 Å². The van der Waals surface area contributed by atoms with Crippen molar-refractivity contribution in [1.29, 1.82) is 0 Å². The first-order chi connectivity index (χ1) is 12.2. The fraction of sp³-hybridized carbons (Fsp3) is 0.250. The van der Waals surface area contributed by atoms with Gasteiger partial charge in [0.25, 0.3) is 0 Å². The molecule has 0 fully saturated rings. The van der Waals surface area contributed by atoms with Gasteiger partial charge in [0, 0.05) is 16.3 Å². The molecule has 25 heavy (non-hydrogen) atoms. The Kier molecular flexibility index (Phi) is 6.21. The number of ether oxygens (including phenoxy) is 1. The Hall–Kier alpha value is -1.72. The molecule has 0 saturated heterocycles. The third kappa shape index (κ3) is 4.89. The number of nitrogens with one attached hydrogen (secondary N) is 1. The van der Waals surface area contributed by atoms with Crippen LogP contribution in [0, 0.1) is 0 Å². The highest BCUT2D eigenvalue weighted by Gasteiger charge is 2.16. The first-order valence-electron chi connectivity index (χ1n) is 8.31. The number of carbonyl (C=O) groups excluding carboxylic acids is 1. The van der Waals surface area contributed by atoms with E-state index in [0.717, 1.165) is 23.0 Å². The molecule has 0 atom stereocenters. The number of halogens is 1. The molecule has 1 aromatic carbocycles. The fourth-order valence-corrected chi connectivity index (χ4v) is 3.81. The number of rotatable bonds is 5. The van der Waals surface area contributed by atoms with Crippen molar-refractivity contribution in [1.82, 2.24) is 5.32 Å². The van der Waals surface area contributed by atoms with Crippen molar-refractivity contribution in [3.8, 4) is 0 Å². The molecule has 0 spiro atoms. The highest BCUT2D eigenvalue weighted by Crippen LogP contribution is 2.35. The molecule has 0 aromatic heterocycles. The maximum atomic E-state index is 11.4. The van der Waals surface area contributed by atoms with Crippen molar-refractivity contribution < 1.29 is 9.53 Å². The maximum Gasteiger partial charge on any atom is 0.306 e. The lowest BCUT2D eigenvalue weighted by Gasteiger charge is -2.13. The van der Waals surface area contributed by atoms with Crippen molar-refractivity contribution >= 4 is 39.4 Å². The monoisotopic (exact) mass is 417 g/mol. The molecule has 1 N–H and O–H groups in total. The van der Waals surface area contributed by atoms with Gasteiger partial charge in [-0.2, -0.15) is 0 Å². The van der Waals surface area contributed by atoms with Crippen molar-refractivity contribution in [2.45, 2.75) is 26.2 Å². The van der Waals surface area contributed by atoms with Crippen molar-refractivity contribution in [3.63, 3.8) is 0 Å². The summed E-state index contributed by atoms with van der Waals surface area (Å²) in [5, 5.41) is 6.84. The lowest BCUT2D eigenvalue weighted by molar-refractivity contribution is -0.143. The second kappa shape index (κ2) is 8.59. The van der Waals surface area contributed by atoms with E-state index in [1.165, 1.54) is 21.7 Å². The van der Waals surface area contributed by atoms with Gasteiger partial charge in [-0.15, -0.1) is 0 Å². The molecule has 130 valence electrons. The zero-order valence-electron chi connectivity index (χ0n) is 14.0. The van der Waals surface area contributed by atoms with Gasteiger partial charge in [-0.25, -0.2) is 0 Å². The van der Waals surface area contributed by atoms with Gasteiger partial charge < -0.3 is 10.1 Å². The Balaban J connectivity index is 1.57. The van der Waals surface area contributed by atoms with Crippen LogP contribution in [0.25, 0.3) is 5.70 Å². The summed E-state index contributed by atoms with van der Waals surface area (Å²) in [5.74, 6) is -0.127. The number of hydrogen-bond acceptors (Lipinski definition) is 4. The Morgan fingerprint density at radius 2 is 2.08 bits per heavy atom. The van der Waals surface area contributed by atoms with E-state index in [-0.39, 0.29) is 5.97 Å². The molecule has 0 radical (unpaired) electrons. The molecule has 1 aliphatic heterocycles. The average Bonchev–Trinajstić information content (AvgIpc) is 3.11. The van der Waals surface area contributed by atoms with E-state index in [9.17, 15) is 4.79 Å². The maximum absolute atomic E-state index is 11.4. The van der Waals surface area contributed by atoms with Crippen molar-refractivity contribution in [2.75, 3.05) is 6.61 Å². The van der Waals surface area contributed by atoms with Crippen LogP contribution >= 0.6 is 27.7 Å². The summed E-state index contributed by atoms with van der Waals surface area (Å²) in [5.41, 5.74) is 4.77. The van der Waals surface area contributed by atoms with Crippen LogP contribution in [0.3, 0.4) is 0 Å². The summed E-state index contributed by atoms with van der Waals surface area (Å²) in [6, 6.07) is 8.29. The summed E-state index contributed by atoms with van der Waals surface area (Å²) in [7, 11) is 0. The van der Waals surface area contributed by atoms with Gasteiger partial charge in [-0.05, 0) is 43.0 Å². The number of benzene rings is 1. The fourth-order valence-electron chi connectivity index (χ4n) is 2.64. The summed E-state index contributed by atoms with van der Waals surface area (Å²) >= 11 is 5.19. The minimum atomic E-state index is -0.127. The normalized spacial score (nSPS) is 19.3. The van der Waals surface area contributed by atoms with E-state index in [1.54, 1.807) is 11.8 Å². The van der Waals surface area contributed by atoms with Gasteiger partial charge >= 0.3 is 5.97 Å². The predicted octanol–water partition coefficient (Wildman–Crippen LogP) is 5.53. The van der Waals surface area contributed by atoms with Gasteiger partial charge in [0.15, 0.2) is 0 Å². The van der Waals surface area contributed by atoms with Crippen LogP contribution in [0.15, 0.2) is 68.5 Å². The van der Waals surface area contributed by atoms with Gasteiger partial charge in [-0.3, -0.25) is 4.79 Å². The quantitative estimate of drug-likeness (QED) is 0.639. The number of allylic oxidation sites excluding steroid dienone is 5. The molecule has 0 bridgehead atoms. The van der Waals surface area contributed by atoms with Crippen LogP contribution in [0.2, 0.25) is 0 Å². The summed E-state index contributed by atoms with van der Waals surface area (Å²) in [4.78, 5) is 11.4. The van der Waals surface area contributed by atoms with E-state index in [2.05, 4.69) is 57.0 Å². The van der Waals surface area contributed by atoms with Crippen LogP contribution < -0.4 is 5.32 Å². The Bertz CT molecular complexity index is 775. The SMILES string of the molecule is CCOC(=O)CCC1=CCC(=C2NC(c3ccc(Br)cc3)=CS2)C=C1. The standard InChI is InChI=1S/C20H20BrNO2S/c1-2-24-19(23)12-5-14-3-6-16(7-4-14)20-22-18(13-25-20)15-8-10-17(21)11-9-15/h3-4,6,8-11,13,22H,2,5,7,12H2,1H3. The molecule has 0 saturated carbocycles. The lowest BCUT2D eigenvalue weighted by atomic mass is 9.99. The molecule has 2 aliphatic rings. The first kappa shape index (κ1) is 18.1. The zero-order chi connectivity index (χ0) is 17.6. The first-order valence-corrected chi connectivity index (χ1v) is 9.98. The van der Waals surface area contributed by atoms with Crippen LogP contribution in [0.1, 0.15) is 31.7 Å². The zero-order valence-corrected chi connectivity index (χ0v) is 16.5. The van der Waals surface area contributed by atoms with Crippen LogP contribution in [-0.4, -0.2) is 12.6 Å². The number of thioether (sulfide) groups is 1. The Labute approximate surface area is 161 Å². The number of hydrogen-bond donors (Lipinski definition) is 1. The molecule has 0 unspecified atom stereocenters. The molecule has 5 heteroatoms. The molecule has 1 aromatic rings. The largest absolute Gasteiger partial charge is 0.466 e. The molecule has 3 nitrogen and oxygen atoms in total. The second-order valence-corrected chi connectivity index (χ2v) is 7.55. The van der Waals surface area contributed by atoms with Gasteiger partial charge in [0.2, 0.25) is 0 Å². The summed E-state index contributed by atoms with van der Waals surface area (Å²) in [6.07, 6.45) is 8.51. The lowest BCUT2D eigenvalue weighted by Crippen LogP contribution is -2.07. The van der Waals surface area contributed by atoms with Crippen LogP contribution in [0.4, 0.5) is 0 Å². The van der Waals surface area contributed by atoms with Crippen LogP contribution in [-0.2, 0) is 9.53 Å². The average molecular weight is 418 g/mol. The number of esters is 1. The van der Waals surface area contributed by atoms with E-state index in [0.29, 0.717) is 13.0 Å².